The molecule has 39 heavy (non-hydrogen) atoms. The molecule has 1 saturated heterocycles. The van der Waals surface area contributed by atoms with E-state index in [1.54, 1.807) is 0 Å². The van der Waals surface area contributed by atoms with Crippen molar-refractivity contribution in [2.75, 3.05) is 36.5 Å². The van der Waals surface area contributed by atoms with Crippen LogP contribution in [0.3, 0.4) is 0 Å². The standard InChI is InChI=1S/C29H29N7O3/c37-24-16-21-8-4-5-9-22(21)25(20-6-2-1-3-7-20)30-26(24)31-29-33-32-28(39-29)23-18-36(17-19-10-11-19)34-27(23)35-12-14-38-15-13-35/h1-9,18-19,26H,10-17H2,(H,31,33)/t26-/m1/s1. The monoisotopic (exact) mass is 523 g/mol. The largest absolute Gasteiger partial charge is 0.403 e. The third-order valence-electron chi connectivity index (χ3n) is 7.36. The van der Waals surface area contributed by atoms with Gasteiger partial charge >= 0.3 is 6.01 Å². The number of Topliss-reactive ketones (excluding diaryl/α,β-unsaturated/α-hetero) is 1. The first-order valence-corrected chi connectivity index (χ1v) is 13.5. The highest BCUT2D eigenvalue weighted by atomic mass is 16.5. The zero-order chi connectivity index (χ0) is 26.2. The van der Waals surface area contributed by atoms with Crippen molar-refractivity contribution in [2.45, 2.75) is 32.0 Å². The van der Waals surface area contributed by atoms with Crippen molar-refractivity contribution in [3.8, 4) is 11.5 Å². The first-order chi connectivity index (χ1) is 19.2. The lowest BCUT2D eigenvalue weighted by Crippen LogP contribution is -2.36. The molecule has 1 atom stereocenters. The highest BCUT2D eigenvalue weighted by molar-refractivity contribution is 6.16. The third-order valence-corrected chi connectivity index (χ3v) is 7.36. The number of aromatic nitrogens is 4. The van der Waals surface area contributed by atoms with E-state index in [-0.39, 0.29) is 18.2 Å². The van der Waals surface area contributed by atoms with Gasteiger partial charge in [0.25, 0.3) is 5.89 Å². The number of anilines is 2. The second kappa shape index (κ2) is 10.1. The lowest BCUT2D eigenvalue weighted by atomic mass is 9.96. The van der Waals surface area contributed by atoms with Crippen LogP contribution in [0.4, 0.5) is 11.8 Å². The van der Waals surface area contributed by atoms with Gasteiger partial charge in [-0.3, -0.25) is 14.5 Å². The minimum Gasteiger partial charge on any atom is -0.403 e. The van der Waals surface area contributed by atoms with Gasteiger partial charge in [0.05, 0.1) is 18.9 Å². The molecule has 4 aromatic rings. The Morgan fingerprint density at radius 2 is 1.74 bits per heavy atom. The molecule has 2 aliphatic heterocycles. The van der Waals surface area contributed by atoms with Crippen LogP contribution in [0.25, 0.3) is 11.5 Å². The van der Waals surface area contributed by atoms with E-state index < -0.39 is 6.17 Å². The Morgan fingerprint density at radius 3 is 2.56 bits per heavy atom. The minimum absolute atomic E-state index is 0.0700. The van der Waals surface area contributed by atoms with Crippen LogP contribution in [0.5, 0.6) is 0 Å². The van der Waals surface area contributed by atoms with E-state index in [0.29, 0.717) is 25.0 Å². The van der Waals surface area contributed by atoms with Crippen molar-refractivity contribution >= 4 is 23.3 Å². The van der Waals surface area contributed by atoms with Gasteiger partial charge in [-0.15, -0.1) is 5.10 Å². The van der Waals surface area contributed by atoms with Crippen LogP contribution >= 0.6 is 0 Å². The number of carbonyl (C=O) groups excluding carboxylic acids is 1. The molecule has 1 saturated carbocycles. The first-order valence-electron chi connectivity index (χ1n) is 13.5. The smallest absolute Gasteiger partial charge is 0.317 e. The Morgan fingerprint density at radius 1 is 0.949 bits per heavy atom. The summed E-state index contributed by atoms with van der Waals surface area (Å²) in [5.74, 6) is 1.79. The molecule has 2 fully saturated rings. The molecule has 1 aliphatic carbocycles. The Hall–Kier alpha value is -4.31. The Labute approximate surface area is 225 Å². The highest BCUT2D eigenvalue weighted by Crippen LogP contribution is 2.34. The SMILES string of the molecule is O=C1Cc2ccccc2C(c2ccccc2)=N[C@@H]1Nc1nnc(-c2cn(CC3CC3)nc2N2CCOCC2)o1. The summed E-state index contributed by atoms with van der Waals surface area (Å²) >= 11 is 0. The van der Waals surface area contributed by atoms with Gasteiger partial charge in [-0.1, -0.05) is 59.7 Å². The number of nitrogens with one attached hydrogen (secondary N) is 1. The Balaban J connectivity index is 1.20. The fourth-order valence-corrected chi connectivity index (χ4v) is 5.14. The average Bonchev–Trinajstić information content (AvgIpc) is 3.53. The van der Waals surface area contributed by atoms with Crippen LogP contribution in [-0.4, -0.2) is 63.9 Å². The Bertz CT molecular complexity index is 1520. The molecule has 0 amide bonds. The zero-order valence-electron chi connectivity index (χ0n) is 21.5. The number of aliphatic imine (C=N–C) groups is 1. The molecule has 10 heteroatoms. The number of rotatable bonds is 7. The summed E-state index contributed by atoms with van der Waals surface area (Å²) in [5, 5.41) is 16.5. The van der Waals surface area contributed by atoms with Gasteiger partial charge in [0.1, 0.15) is 5.56 Å². The van der Waals surface area contributed by atoms with Crippen molar-refractivity contribution in [1.82, 2.24) is 20.0 Å². The third kappa shape index (κ3) is 4.95. The van der Waals surface area contributed by atoms with Crippen LogP contribution < -0.4 is 10.2 Å². The molecule has 198 valence electrons. The van der Waals surface area contributed by atoms with Gasteiger partial charge in [-0.2, -0.15) is 5.10 Å². The normalized spacial score (nSPS) is 19.4. The molecule has 0 radical (unpaired) electrons. The van der Waals surface area contributed by atoms with Crippen LogP contribution in [0.1, 0.15) is 29.5 Å². The molecule has 0 spiro atoms. The second-order valence-corrected chi connectivity index (χ2v) is 10.2. The van der Waals surface area contributed by atoms with Crippen LogP contribution in [0.15, 0.2) is 70.2 Å². The molecule has 2 aromatic carbocycles. The average molecular weight is 524 g/mol. The minimum atomic E-state index is -0.864. The number of carbonyl (C=O) groups is 1. The summed E-state index contributed by atoms with van der Waals surface area (Å²) in [6.45, 7) is 3.69. The fourth-order valence-electron chi connectivity index (χ4n) is 5.14. The summed E-state index contributed by atoms with van der Waals surface area (Å²) in [5.41, 5.74) is 4.37. The predicted molar refractivity (Wildman–Crippen MR) is 146 cm³/mol. The van der Waals surface area contributed by atoms with E-state index in [1.165, 1.54) is 12.8 Å². The van der Waals surface area contributed by atoms with Crippen molar-refractivity contribution in [2.24, 2.45) is 10.9 Å². The fraction of sp³-hybridized carbons (Fsp3) is 0.345. The molecular weight excluding hydrogens is 494 g/mol. The van der Waals surface area contributed by atoms with E-state index >= 15 is 0 Å². The van der Waals surface area contributed by atoms with Crippen LogP contribution in [0.2, 0.25) is 0 Å². The van der Waals surface area contributed by atoms with Crippen molar-refractivity contribution in [1.29, 1.82) is 0 Å². The number of nitrogens with zero attached hydrogens (tertiary/aromatic N) is 6. The van der Waals surface area contributed by atoms with Gasteiger partial charge in [0, 0.05) is 43.4 Å². The van der Waals surface area contributed by atoms with Gasteiger partial charge in [-0.05, 0) is 24.3 Å². The molecule has 7 rings (SSSR count). The number of morpholine rings is 1. The van der Waals surface area contributed by atoms with Crippen molar-refractivity contribution < 1.29 is 13.9 Å². The topological polar surface area (TPSA) is 111 Å². The molecule has 2 aromatic heterocycles. The van der Waals surface area contributed by atoms with Crippen LogP contribution in [0, 0.1) is 5.92 Å². The van der Waals surface area contributed by atoms with Gasteiger partial charge < -0.3 is 19.4 Å². The molecule has 3 aliphatic rings. The quantitative estimate of drug-likeness (QED) is 0.391. The van der Waals surface area contributed by atoms with Gasteiger partial charge in [-0.25, -0.2) is 0 Å². The zero-order valence-corrected chi connectivity index (χ0v) is 21.5. The second-order valence-electron chi connectivity index (χ2n) is 10.2. The van der Waals surface area contributed by atoms with Crippen LogP contribution in [-0.2, 0) is 22.5 Å². The van der Waals surface area contributed by atoms with Gasteiger partial charge in [0.15, 0.2) is 17.8 Å². The molecule has 10 nitrogen and oxygen atoms in total. The van der Waals surface area contributed by atoms with Crippen molar-refractivity contribution in [3.63, 3.8) is 0 Å². The Kier molecular flexibility index (Phi) is 6.16. The number of ketones is 1. The lowest BCUT2D eigenvalue weighted by molar-refractivity contribution is -0.119. The number of hydrogen-bond donors (Lipinski definition) is 1. The predicted octanol–water partition coefficient (Wildman–Crippen LogP) is 3.58. The molecule has 0 unspecified atom stereocenters. The van der Waals surface area contributed by atoms with E-state index in [0.717, 1.165) is 53.4 Å². The van der Waals surface area contributed by atoms with Crippen molar-refractivity contribution in [3.05, 3.63) is 77.5 Å². The maximum Gasteiger partial charge on any atom is 0.317 e. The maximum absolute atomic E-state index is 13.3. The number of hydrogen-bond acceptors (Lipinski definition) is 9. The highest BCUT2D eigenvalue weighted by Gasteiger charge is 2.29. The number of benzene rings is 2. The van der Waals surface area contributed by atoms with E-state index in [4.69, 9.17) is 19.2 Å². The summed E-state index contributed by atoms with van der Waals surface area (Å²) in [6.07, 6.45) is 3.85. The summed E-state index contributed by atoms with van der Waals surface area (Å²) in [7, 11) is 0. The maximum atomic E-state index is 13.3. The molecular formula is C29H29N7O3. The molecule has 1 N–H and O–H groups in total. The lowest BCUT2D eigenvalue weighted by Gasteiger charge is -2.27. The molecule has 0 bridgehead atoms. The number of ether oxygens (including phenoxy) is 1. The first kappa shape index (κ1) is 23.8. The molecule has 4 heterocycles. The number of fused-ring (bicyclic) bond motifs is 1. The van der Waals surface area contributed by atoms with E-state index in [9.17, 15) is 4.79 Å². The van der Waals surface area contributed by atoms with Gasteiger partial charge in [0.2, 0.25) is 0 Å². The summed E-state index contributed by atoms with van der Waals surface area (Å²) in [4.78, 5) is 20.4. The van der Waals surface area contributed by atoms with E-state index in [1.807, 2.05) is 65.5 Å². The summed E-state index contributed by atoms with van der Waals surface area (Å²) in [6, 6.07) is 17.9. The summed E-state index contributed by atoms with van der Waals surface area (Å²) < 4.78 is 13.6. The van der Waals surface area contributed by atoms with E-state index in [2.05, 4.69) is 20.4 Å².